The minimum Gasteiger partial charge on any atom is -0.463 e. The molecule has 5 nitrogen and oxygen atoms in total. The minimum absolute atomic E-state index is 0.105. The molecular formula is C18H17F2N3O2S. The predicted molar refractivity (Wildman–Crippen MR) is 95.0 cm³/mol. The van der Waals surface area contributed by atoms with E-state index >= 15 is 0 Å². The maximum absolute atomic E-state index is 14.1. The van der Waals surface area contributed by atoms with Crippen molar-refractivity contribution in [1.82, 2.24) is 10.3 Å². The summed E-state index contributed by atoms with van der Waals surface area (Å²) in [4.78, 5) is 21.3. The Balaban J connectivity index is 2.15. The van der Waals surface area contributed by atoms with Crippen LogP contribution in [0.25, 0.3) is 0 Å². The first-order chi connectivity index (χ1) is 12.4. The summed E-state index contributed by atoms with van der Waals surface area (Å²) in [6, 6.07) is 1.67. The number of carbonyl (C=O) groups is 1. The minimum atomic E-state index is -0.951. The molecule has 8 heteroatoms. The Morgan fingerprint density at radius 2 is 2.12 bits per heavy atom. The fraction of sp³-hybridized carbons (Fsp3) is 0.278. The highest BCUT2D eigenvalue weighted by Crippen LogP contribution is 2.35. The first-order valence-electron chi connectivity index (χ1n) is 8.01. The number of aliphatic imine (C=N–C) groups is 1. The van der Waals surface area contributed by atoms with Gasteiger partial charge in [-0.05, 0) is 38.0 Å². The molecule has 2 heterocycles. The summed E-state index contributed by atoms with van der Waals surface area (Å²) in [7, 11) is 0. The van der Waals surface area contributed by atoms with Crippen LogP contribution in [0.15, 0.2) is 40.0 Å². The molecule has 1 aromatic carbocycles. The number of allylic oxidation sites excluding steroid dienone is 1. The van der Waals surface area contributed by atoms with Crippen LogP contribution < -0.4 is 5.32 Å². The molecule has 0 saturated carbocycles. The fourth-order valence-corrected chi connectivity index (χ4v) is 3.37. The lowest BCUT2D eigenvalue weighted by molar-refractivity contribution is -0.138. The Morgan fingerprint density at radius 1 is 1.35 bits per heavy atom. The van der Waals surface area contributed by atoms with Crippen molar-refractivity contribution in [1.29, 1.82) is 0 Å². The van der Waals surface area contributed by atoms with Crippen LogP contribution in [0, 0.1) is 18.6 Å². The number of hydrogen-bond donors (Lipinski definition) is 1. The number of benzene rings is 1. The number of thiazole rings is 1. The van der Waals surface area contributed by atoms with Crippen LogP contribution in [-0.2, 0) is 9.53 Å². The van der Waals surface area contributed by atoms with Crippen molar-refractivity contribution in [3.05, 3.63) is 62.7 Å². The maximum atomic E-state index is 14.1. The van der Waals surface area contributed by atoms with Crippen LogP contribution >= 0.6 is 11.3 Å². The van der Waals surface area contributed by atoms with Gasteiger partial charge in [-0.2, -0.15) is 0 Å². The van der Waals surface area contributed by atoms with Crippen LogP contribution in [-0.4, -0.2) is 23.4 Å². The number of amidine groups is 1. The Kier molecular flexibility index (Phi) is 5.13. The lowest BCUT2D eigenvalue weighted by atomic mass is 9.92. The quantitative estimate of drug-likeness (QED) is 0.826. The summed E-state index contributed by atoms with van der Waals surface area (Å²) >= 11 is 1.38. The number of nitrogens with one attached hydrogen (secondary N) is 1. The number of aromatic nitrogens is 1. The standard InChI is InChI=1S/C18H17F2N3O2S/c1-4-25-18(24)13-10(3)22-16(17-21-7-8-26-17)23-15(13)11-5-6-12(19)14(20)9(11)2/h5-8,15H,4H2,1-3H3,(H,22,23). The number of hydrogen-bond acceptors (Lipinski definition) is 6. The summed E-state index contributed by atoms with van der Waals surface area (Å²) in [6.45, 7) is 5.08. The van der Waals surface area contributed by atoms with Crippen molar-refractivity contribution in [2.24, 2.45) is 4.99 Å². The molecule has 0 radical (unpaired) electrons. The summed E-state index contributed by atoms with van der Waals surface area (Å²) in [6.07, 6.45) is 1.64. The normalized spacial score (nSPS) is 17.0. The third kappa shape index (κ3) is 3.24. The van der Waals surface area contributed by atoms with Gasteiger partial charge in [0, 0.05) is 17.3 Å². The zero-order valence-electron chi connectivity index (χ0n) is 14.5. The van der Waals surface area contributed by atoms with E-state index in [4.69, 9.17) is 4.74 Å². The van der Waals surface area contributed by atoms with Crippen molar-refractivity contribution in [3.8, 4) is 0 Å². The van der Waals surface area contributed by atoms with Crippen molar-refractivity contribution in [2.75, 3.05) is 6.61 Å². The number of halogens is 2. The van der Waals surface area contributed by atoms with E-state index in [1.807, 2.05) is 0 Å². The van der Waals surface area contributed by atoms with Crippen LogP contribution in [0.1, 0.15) is 36.0 Å². The van der Waals surface area contributed by atoms with Crippen molar-refractivity contribution < 1.29 is 18.3 Å². The molecule has 0 aliphatic carbocycles. The highest BCUT2D eigenvalue weighted by Gasteiger charge is 2.32. The van der Waals surface area contributed by atoms with E-state index in [-0.39, 0.29) is 17.7 Å². The summed E-state index contributed by atoms with van der Waals surface area (Å²) < 4.78 is 32.8. The van der Waals surface area contributed by atoms with Gasteiger partial charge in [-0.15, -0.1) is 11.3 Å². The van der Waals surface area contributed by atoms with Gasteiger partial charge in [-0.1, -0.05) is 6.07 Å². The molecule has 1 aliphatic rings. The van der Waals surface area contributed by atoms with E-state index < -0.39 is 23.6 Å². The van der Waals surface area contributed by atoms with Crippen LogP contribution in [0.4, 0.5) is 8.78 Å². The highest BCUT2D eigenvalue weighted by atomic mass is 32.1. The monoisotopic (exact) mass is 377 g/mol. The summed E-state index contributed by atoms with van der Waals surface area (Å²) in [5.41, 5.74) is 1.31. The van der Waals surface area contributed by atoms with Gasteiger partial charge in [0.05, 0.1) is 12.2 Å². The van der Waals surface area contributed by atoms with E-state index in [0.29, 0.717) is 22.1 Å². The molecule has 1 N–H and O–H groups in total. The molecule has 0 saturated heterocycles. The Morgan fingerprint density at radius 3 is 2.77 bits per heavy atom. The lowest BCUT2D eigenvalue weighted by Crippen LogP contribution is -2.33. The molecule has 1 aliphatic heterocycles. The molecule has 0 fully saturated rings. The Hall–Kier alpha value is -2.61. The predicted octanol–water partition coefficient (Wildman–Crippen LogP) is 3.66. The summed E-state index contributed by atoms with van der Waals surface area (Å²) in [5.74, 6) is -1.97. The highest BCUT2D eigenvalue weighted by molar-refractivity contribution is 7.11. The van der Waals surface area contributed by atoms with Crippen LogP contribution in [0.2, 0.25) is 0 Å². The van der Waals surface area contributed by atoms with Crippen molar-refractivity contribution in [2.45, 2.75) is 26.8 Å². The van der Waals surface area contributed by atoms with Gasteiger partial charge in [-0.25, -0.2) is 18.6 Å². The van der Waals surface area contributed by atoms with Crippen molar-refractivity contribution in [3.63, 3.8) is 0 Å². The van der Waals surface area contributed by atoms with Gasteiger partial charge >= 0.3 is 5.97 Å². The largest absolute Gasteiger partial charge is 0.463 e. The topological polar surface area (TPSA) is 63.6 Å². The lowest BCUT2D eigenvalue weighted by Gasteiger charge is -2.26. The number of esters is 1. The van der Waals surface area contributed by atoms with Gasteiger partial charge in [-0.3, -0.25) is 4.99 Å². The molecule has 1 unspecified atom stereocenters. The van der Waals surface area contributed by atoms with E-state index in [1.165, 1.54) is 24.3 Å². The van der Waals surface area contributed by atoms with Crippen LogP contribution in [0.5, 0.6) is 0 Å². The second-order valence-corrected chi connectivity index (χ2v) is 6.57. The number of nitrogens with zero attached hydrogens (tertiary/aromatic N) is 2. The first-order valence-corrected chi connectivity index (χ1v) is 8.89. The number of rotatable bonds is 4. The van der Waals surface area contributed by atoms with E-state index in [1.54, 1.807) is 25.4 Å². The van der Waals surface area contributed by atoms with Gasteiger partial charge < -0.3 is 10.1 Å². The van der Waals surface area contributed by atoms with E-state index in [0.717, 1.165) is 6.07 Å². The average molecular weight is 377 g/mol. The molecule has 26 heavy (non-hydrogen) atoms. The Labute approximate surface area is 153 Å². The molecular weight excluding hydrogens is 360 g/mol. The molecule has 0 amide bonds. The van der Waals surface area contributed by atoms with Crippen molar-refractivity contribution >= 4 is 23.1 Å². The van der Waals surface area contributed by atoms with Gasteiger partial charge in [0.2, 0.25) is 0 Å². The third-order valence-electron chi connectivity index (χ3n) is 4.05. The first kappa shape index (κ1) is 18.2. The molecule has 136 valence electrons. The Bertz CT molecular complexity index is 907. The third-order valence-corrected chi connectivity index (χ3v) is 4.83. The molecule has 0 spiro atoms. The maximum Gasteiger partial charge on any atom is 0.338 e. The second-order valence-electron chi connectivity index (χ2n) is 5.68. The molecule has 2 aromatic rings. The second kappa shape index (κ2) is 7.33. The fourth-order valence-electron chi connectivity index (χ4n) is 2.79. The van der Waals surface area contributed by atoms with Gasteiger partial charge in [0.25, 0.3) is 0 Å². The molecule has 0 bridgehead atoms. The van der Waals surface area contributed by atoms with Gasteiger partial charge in [0.1, 0.15) is 6.04 Å². The van der Waals surface area contributed by atoms with E-state index in [9.17, 15) is 13.6 Å². The average Bonchev–Trinajstić information content (AvgIpc) is 3.14. The zero-order valence-corrected chi connectivity index (χ0v) is 15.3. The zero-order chi connectivity index (χ0) is 18.8. The molecule has 3 rings (SSSR count). The SMILES string of the molecule is CCOC(=O)C1=C(C)NC(c2nccs2)=NC1c1ccc(F)c(F)c1C. The number of carbonyl (C=O) groups excluding carboxylic acids is 1. The molecule has 1 atom stereocenters. The summed E-state index contributed by atoms with van der Waals surface area (Å²) in [5, 5.41) is 5.50. The smallest absolute Gasteiger partial charge is 0.338 e. The van der Waals surface area contributed by atoms with Crippen LogP contribution in [0.3, 0.4) is 0 Å². The van der Waals surface area contributed by atoms with Gasteiger partial charge in [0.15, 0.2) is 22.5 Å². The molecule has 1 aromatic heterocycles. The van der Waals surface area contributed by atoms with E-state index in [2.05, 4.69) is 15.3 Å². The number of ether oxygens (including phenoxy) is 1.